The average Bonchev–Trinajstić information content (AvgIpc) is 2.75. The molecule has 0 fully saturated rings. The first kappa shape index (κ1) is 13.1. The Balaban J connectivity index is 2.17. The van der Waals surface area contributed by atoms with Gasteiger partial charge in [0.05, 0.1) is 5.56 Å². The lowest BCUT2D eigenvalue weighted by molar-refractivity contribution is 0.0952. The number of oxime groups is 1. The summed E-state index contributed by atoms with van der Waals surface area (Å²) in [6.07, 6.45) is 3.50. The van der Waals surface area contributed by atoms with Crippen LogP contribution >= 0.6 is 0 Å². The molecule has 0 aliphatic rings. The van der Waals surface area contributed by atoms with Gasteiger partial charge < -0.3 is 20.7 Å². The van der Waals surface area contributed by atoms with Crippen LogP contribution in [0.5, 0.6) is 0 Å². The fraction of sp³-hybridized carbons (Fsp3) is 0.455. The number of nitrogens with zero attached hydrogens (tertiary/aromatic N) is 1. The normalized spacial score (nSPS) is 11.5. The number of rotatable bonds is 6. The van der Waals surface area contributed by atoms with Crippen molar-refractivity contribution in [2.24, 2.45) is 10.9 Å². The Morgan fingerprint density at radius 2 is 2.35 bits per heavy atom. The minimum Gasteiger partial charge on any atom is -0.469 e. The summed E-state index contributed by atoms with van der Waals surface area (Å²) >= 11 is 0. The summed E-state index contributed by atoms with van der Waals surface area (Å²) in [6, 6.07) is 1.69. The zero-order chi connectivity index (χ0) is 12.7. The van der Waals surface area contributed by atoms with Crippen LogP contribution in [0, 0.1) is 6.92 Å². The first-order chi connectivity index (χ1) is 8.13. The van der Waals surface area contributed by atoms with Gasteiger partial charge in [0, 0.05) is 13.0 Å². The highest BCUT2D eigenvalue weighted by atomic mass is 16.4. The molecule has 1 heterocycles. The lowest BCUT2D eigenvalue weighted by atomic mass is 10.2. The maximum Gasteiger partial charge on any atom is 0.254 e. The summed E-state index contributed by atoms with van der Waals surface area (Å²) in [5.41, 5.74) is 5.84. The summed E-state index contributed by atoms with van der Waals surface area (Å²) in [5, 5.41) is 13.9. The molecule has 0 aliphatic heterocycles. The number of carbonyl (C=O) groups excluding carboxylic acids is 1. The fourth-order valence-electron chi connectivity index (χ4n) is 1.35. The molecular formula is C11H17N3O3. The second-order valence-corrected chi connectivity index (χ2v) is 3.75. The molecule has 1 rings (SSSR count). The lowest BCUT2D eigenvalue weighted by Crippen LogP contribution is -2.24. The molecule has 0 aliphatic carbocycles. The molecule has 1 aromatic rings. The smallest absolute Gasteiger partial charge is 0.254 e. The van der Waals surface area contributed by atoms with E-state index in [1.165, 1.54) is 6.26 Å². The number of amidine groups is 1. The maximum absolute atomic E-state index is 11.6. The van der Waals surface area contributed by atoms with Crippen molar-refractivity contribution in [3.63, 3.8) is 0 Å². The van der Waals surface area contributed by atoms with Gasteiger partial charge in [-0.1, -0.05) is 5.16 Å². The van der Waals surface area contributed by atoms with E-state index < -0.39 is 0 Å². The summed E-state index contributed by atoms with van der Waals surface area (Å²) < 4.78 is 5.04. The van der Waals surface area contributed by atoms with Crippen molar-refractivity contribution in [2.45, 2.75) is 26.2 Å². The standard InChI is InChI=1S/C11H17N3O3/c1-8-6-9(7-17-8)11(15)13-5-3-2-4-10(12)14-16/h6-7,16H,2-5H2,1H3,(H2,12,14)(H,13,15). The van der Waals surface area contributed by atoms with E-state index in [1.54, 1.807) is 13.0 Å². The molecule has 0 unspecified atom stereocenters. The van der Waals surface area contributed by atoms with E-state index in [4.69, 9.17) is 15.4 Å². The number of carbonyl (C=O) groups is 1. The topological polar surface area (TPSA) is 101 Å². The zero-order valence-electron chi connectivity index (χ0n) is 9.77. The van der Waals surface area contributed by atoms with Gasteiger partial charge in [0.15, 0.2) is 0 Å². The van der Waals surface area contributed by atoms with Crippen molar-refractivity contribution < 1.29 is 14.4 Å². The van der Waals surface area contributed by atoms with E-state index in [0.29, 0.717) is 24.3 Å². The fourth-order valence-corrected chi connectivity index (χ4v) is 1.35. The first-order valence-corrected chi connectivity index (χ1v) is 5.43. The number of unbranched alkanes of at least 4 members (excludes halogenated alkanes) is 1. The zero-order valence-corrected chi connectivity index (χ0v) is 9.77. The van der Waals surface area contributed by atoms with Crippen LogP contribution in [-0.4, -0.2) is 23.5 Å². The van der Waals surface area contributed by atoms with Crippen LogP contribution in [0.4, 0.5) is 0 Å². The first-order valence-electron chi connectivity index (χ1n) is 5.43. The minimum absolute atomic E-state index is 0.148. The Kier molecular flexibility index (Phi) is 5.06. The Hall–Kier alpha value is -1.98. The van der Waals surface area contributed by atoms with E-state index in [2.05, 4.69) is 10.5 Å². The molecule has 6 nitrogen and oxygen atoms in total. The summed E-state index contributed by atoms with van der Waals surface area (Å²) in [7, 11) is 0. The molecule has 0 aromatic carbocycles. The van der Waals surface area contributed by atoms with E-state index in [0.717, 1.165) is 12.8 Å². The third-order valence-electron chi connectivity index (χ3n) is 2.27. The van der Waals surface area contributed by atoms with Crippen molar-refractivity contribution in [3.05, 3.63) is 23.7 Å². The van der Waals surface area contributed by atoms with E-state index in [1.807, 2.05) is 0 Å². The molecule has 0 bridgehead atoms. The summed E-state index contributed by atoms with van der Waals surface area (Å²) in [6.45, 7) is 2.34. The van der Waals surface area contributed by atoms with E-state index >= 15 is 0 Å². The van der Waals surface area contributed by atoms with Crippen LogP contribution in [0.3, 0.4) is 0 Å². The summed E-state index contributed by atoms with van der Waals surface area (Å²) in [5.74, 6) is 0.773. The van der Waals surface area contributed by atoms with Gasteiger partial charge in [-0.25, -0.2) is 0 Å². The van der Waals surface area contributed by atoms with Gasteiger partial charge in [0.2, 0.25) is 0 Å². The van der Waals surface area contributed by atoms with Crippen LogP contribution < -0.4 is 11.1 Å². The third-order valence-corrected chi connectivity index (χ3v) is 2.27. The SMILES string of the molecule is Cc1cc(C(=O)NCCCCC(N)=NO)co1. The van der Waals surface area contributed by atoms with Crippen LogP contribution in [0.2, 0.25) is 0 Å². The highest BCUT2D eigenvalue weighted by Crippen LogP contribution is 2.05. The van der Waals surface area contributed by atoms with Crippen molar-refractivity contribution >= 4 is 11.7 Å². The number of amides is 1. The highest BCUT2D eigenvalue weighted by Gasteiger charge is 2.07. The number of nitrogens with two attached hydrogens (primary N) is 1. The molecule has 94 valence electrons. The number of aryl methyl sites for hydroxylation is 1. The monoisotopic (exact) mass is 239 g/mol. The van der Waals surface area contributed by atoms with Crippen LogP contribution in [0.15, 0.2) is 21.9 Å². The third kappa shape index (κ3) is 4.58. The Morgan fingerprint density at radius 1 is 1.59 bits per heavy atom. The quantitative estimate of drug-likeness (QED) is 0.228. The van der Waals surface area contributed by atoms with Gasteiger partial charge >= 0.3 is 0 Å². The van der Waals surface area contributed by atoms with Crippen LogP contribution in [0.1, 0.15) is 35.4 Å². The number of hydrogen-bond donors (Lipinski definition) is 3. The van der Waals surface area contributed by atoms with Crippen molar-refractivity contribution in [1.82, 2.24) is 5.32 Å². The Morgan fingerprint density at radius 3 is 2.94 bits per heavy atom. The van der Waals surface area contributed by atoms with Gasteiger partial charge in [-0.15, -0.1) is 0 Å². The molecule has 6 heteroatoms. The molecule has 0 saturated carbocycles. The van der Waals surface area contributed by atoms with Crippen molar-refractivity contribution in [1.29, 1.82) is 0 Å². The van der Waals surface area contributed by atoms with Gasteiger partial charge in [0.25, 0.3) is 5.91 Å². The molecule has 0 radical (unpaired) electrons. The molecule has 0 saturated heterocycles. The molecular weight excluding hydrogens is 222 g/mol. The van der Waals surface area contributed by atoms with Gasteiger partial charge in [-0.3, -0.25) is 4.79 Å². The Bertz CT molecular complexity index is 398. The average molecular weight is 239 g/mol. The molecule has 0 spiro atoms. The molecule has 0 atom stereocenters. The lowest BCUT2D eigenvalue weighted by Gasteiger charge is -2.02. The highest BCUT2D eigenvalue weighted by molar-refractivity contribution is 5.93. The van der Waals surface area contributed by atoms with Gasteiger partial charge in [-0.2, -0.15) is 0 Å². The van der Waals surface area contributed by atoms with Crippen molar-refractivity contribution in [3.8, 4) is 0 Å². The molecule has 17 heavy (non-hydrogen) atoms. The predicted octanol–water partition coefficient (Wildman–Crippen LogP) is 1.23. The van der Waals surface area contributed by atoms with E-state index in [9.17, 15) is 4.79 Å². The second-order valence-electron chi connectivity index (χ2n) is 3.75. The van der Waals surface area contributed by atoms with Gasteiger partial charge in [0.1, 0.15) is 17.9 Å². The van der Waals surface area contributed by atoms with Crippen LogP contribution in [-0.2, 0) is 0 Å². The summed E-state index contributed by atoms with van der Waals surface area (Å²) in [4.78, 5) is 11.6. The minimum atomic E-state index is -0.148. The second kappa shape index (κ2) is 6.57. The molecule has 1 aromatic heterocycles. The molecule has 4 N–H and O–H groups in total. The Labute approximate surface area is 99.5 Å². The number of furan rings is 1. The van der Waals surface area contributed by atoms with Crippen molar-refractivity contribution in [2.75, 3.05) is 6.54 Å². The molecule has 1 amide bonds. The maximum atomic E-state index is 11.6. The predicted molar refractivity (Wildman–Crippen MR) is 63.0 cm³/mol. The largest absolute Gasteiger partial charge is 0.469 e. The van der Waals surface area contributed by atoms with Crippen LogP contribution in [0.25, 0.3) is 0 Å². The number of hydrogen-bond acceptors (Lipinski definition) is 4. The van der Waals surface area contributed by atoms with E-state index in [-0.39, 0.29) is 11.7 Å². The number of nitrogens with one attached hydrogen (secondary N) is 1. The van der Waals surface area contributed by atoms with Gasteiger partial charge in [-0.05, 0) is 25.8 Å².